The maximum Gasteiger partial charge on any atom is 0.196 e. The van der Waals surface area contributed by atoms with Gasteiger partial charge in [0.2, 0.25) is 0 Å². The molecule has 0 fully saturated rings. The number of carbonyl (C=O) groups is 1. The molecule has 144 valence electrons. The van der Waals surface area contributed by atoms with Crippen molar-refractivity contribution in [3.8, 4) is 16.9 Å². The lowest BCUT2D eigenvalue weighted by atomic mass is 9.89. The minimum atomic E-state index is -0.428. The van der Waals surface area contributed by atoms with E-state index in [4.69, 9.17) is 4.74 Å². The van der Waals surface area contributed by atoms with E-state index in [2.05, 4.69) is 24.3 Å². The van der Waals surface area contributed by atoms with Crippen LogP contribution in [0, 0.1) is 0 Å². The summed E-state index contributed by atoms with van der Waals surface area (Å²) in [7, 11) is 0. The Bertz CT molecular complexity index is 1210. The molecule has 0 spiro atoms. The molecule has 0 saturated heterocycles. The summed E-state index contributed by atoms with van der Waals surface area (Å²) in [4.78, 5) is 13.3. The standard InChI is InChI=1S/C28H20O2/c29-27-24-13-7-8-14-26(24)30-28(23-11-5-2-6-12-23)25(27)19-20-15-17-22(18-16-20)21-9-3-1-4-10-21/h1-19,28H. The zero-order valence-corrected chi connectivity index (χ0v) is 16.4. The van der Waals surface area contributed by atoms with Crippen molar-refractivity contribution in [3.05, 3.63) is 131 Å². The van der Waals surface area contributed by atoms with Crippen LogP contribution in [0.25, 0.3) is 17.2 Å². The molecule has 2 nitrogen and oxygen atoms in total. The number of rotatable bonds is 3. The van der Waals surface area contributed by atoms with Crippen molar-refractivity contribution < 1.29 is 9.53 Å². The highest BCUT2D eigenvalue weighted by Crippen LogP contribution is 2.39. The van der Waals surface area contributed by atoms with Gasteiger partial charge in [-0.25, -0.2) is 0 Å². The Kier molecular flexibility index (Phi) is 4.74. The summed E-state index contributed by atoms with van der Waals surface area (Å²) in [5.74, 6) is 0.644. The number of fused-ring (bicyclic) bond motifs is 1. The van der Waals surface area contributed by atoms with E-state index in [1.54, 1.807) is 0 Å². The van der Waals surface area contributed by atoms with Crippen LogP contribution in [0.5, 0.6) is 5.75 Å². The van der Waals surface area contributed by atoms with Gasteiger partial charge in [-0.05, 0) is 40.5 Å². The number of para-hydroxylation sites is 1. The first-order valence-corrected chi connectivity index (χ1v) is 10.0. The normalized spacial score (nSPS) is 16.7. The first-order chi connectivity index (χ1) is 14.8. The lowest BCUT2D eigenvalue weighted by Gasteiger charge is -2.28. The molecule has 4 aromatic rings. The van der Waals surface area contributed by atoms with Gasteiger partial charge in [-0.3, -0.25) is 4.79 Å². The molecule has 0 amide bonds. The van der Waals surface area contributed by atoms with Crippen molar-refractivity contribution in [3.63, 3.8) is 0 Å². The lowest BCUT2D eigenvalue weighted by Crippen LogP contribution is -2.23. The van der Waals surface area contributed by atoms with Crippen molar-refractivity contribution in [2.75, 3.05) is 0 Å². The minimum absolute atomic E-state index is 0.0119. The van der Waals surface area contributed by atoms with Gasteiger partial charge in [-0.1, -0.05) is 97.1 Å². The van der Waals surface area contributed by atoms with Gasteiger partial charge in [0.25, 0.3) is 0 Å². The summed E-state index contributed by atoms with van der Waals surface area (Å²) in [6, 6.07) is 35.9. The zero-order chi connectivity index (χ0) is 20.3. The Morgan fingerprint density at radius 2 is 1.23 bits per heavy atom. The Labute approximate surface area is 176 Å². The topological polar surface area (TPSA) is 26.3 Å². The molecule has 0 bridgehead atoms. The van der Waals surface area contributed by atoms with Gasteiger partial charge in [0.15, 0.2) is 11.9 Å². The van der Waals surface area contributed by atoms with Crippen LogP contribution >= 0.6 is 0 Å². The molecular formula is C28H20O2. The number of hydrogen-bond acceptors (Lipinski definition) is 2. The fourth-order valence-electron chi connectivity index (χ4n) is 3.82. The van der Waals surface area contributed by atoms with Gasteiger partial charge in [0.1, 0.15) is 5.75 Å². The Morgan fingerprint density at radius 1 is 0.633 bits per heavy atom. The summed E-state index contributed by atoms with van der Waals surface area (Å²) < 4.78 is 6.28. The first-order valence-electron chi connectivity index (χ1n) is 10.0. The van der Waals surface area contributed by atoms with Crippen molar-refractivity contribution >= 4 is 11.9 Å². The van der Waals surface area contributed by atoms with E-state index in [0.717, 1.165) is 16.7 Å². The third-order valence-corrected chi connectivity index (χ3v) is 5.36. The molecule has 2 heteroatoms. The Balaban J connectivity index is 1.56. The SMILES string of the molecule is O=C1C(=Cc2ccc(-c3ccccc3)cc2)C(c2ccccc2)Oc2ccccc21. The lowest BCUT2D eigenvalue weighted by molar-refractivity contribution is 0.0963. The molecule has 0 N–H and O–H groups in total. The van der Waals surface area contributed by atoms with E-state index in [0.29, 0.717) is 16.9 Å². The third kappa shape index (κ3) is 3.44. The van der Waals surface area contributed by atoms with Crippen LogP contribution in [0.1, 0.15) is 27.6 Å². The van der Waals surface area contributed by atoms with Crippen LogP contribution in [0.4, 0.5) is 0 Å². The molecule has 1 heterocycles. The largest absolute Gasteiger partial charge is 0.480 e. The highest BCUT2D eigenvalue weighted by molar-refractivity contribution is 6.14. The second-order valence-electron chi connectivity index (χ2n) is 7.32. The molecule has 1 aliphatic heterocycles. The van der Waals surface area contributed by atoms with E-state index >= 15 is 0 Å². The zero-order valence-electron chi connectivity index (χ0n) is 16.4. The molecule has 0 saturated carbocycles. The fraction of sp³-hybridized carbons (Fsp3) is 0.0357. The van der Waals surface area contributed by atoms with Crippen molar-refractivity contribution in [1.29, 1.82) is 0 Å². The molecule has 30 heavy (non-hydrogen) atoms. The summed E-state index contributed by atoms with van der Waals surface area (Å²) in [5.41, 5.74) is 5.51. The Morgan fingerprint density at radius 3 is 1.97 bits per heavy atom. The monoisotopic (exact) mass is 388 g/mol. The van der Waals surface area contributed by atoms with E-state index in [1.165, 1.54) is 5.56 Å². The average molecular weight is 388 g/mol. The number of carbonyl (C=O) groups excluding carboxylic acids is 1. The van der Waals surface area contributed by atoms with Crippen LogP contribution in [-0.4, -0.2) is 5.78 Å². The highest BCUT2D eigenvalue weighted by atomic mass is 16.5. The predicted molar refractivity (Wildman–Crippen MR) is 120 cm³/mol. The summed E-state index contributed by atoms with van der Waals surface area (Å²) >= 11 is 0. The van der Waals surface area contributed by atoms with Crippen LogP contribution in [0.3, 0.4) is 0 Å². The summed E-state index contributed by atoms with van der Waals surface area (Å²) in [6.07, 6.45) is 1.52. The minimum Gasteiger partial charge on any atom is -0.480 e. The summed E-state index contributed by atoms with van der Waals surface area (Å²) in [6.45, 7) is 0. The predicted octanol–water partition coefficient (Wildman–Crippen LogP) is 6.75. The van der Waals surface area contributed by atoms with Crippen LogP contribution in [0.15, 0.2) is 115 Å². The van der Waals surface area contributed by atoms with Gasteiger partial charge < -0.3 is 4.74 Å². The smallest absolute Gasteiger partial charge is 0.196 e. The van der Waals surface area contributed by atoms with E-state index in [-0.39, 0.29) is 5.78 Å². The molecular weight excluding hydrogens is 368 g/mol. The highest BCUT2D eigenvalue weighted by Gasteiger charge is 2.32. The maximum atomic E-state index is 13.3. The molecule has 5 rings (SSSR count). The third-order valence-electron chi connectivity index (χ3n) is 5.36. The van der Waals surface area contributed by atoms with E-state index < -0.39 is 6.10 Å². The Hall–Kier alpha value is -3.91. The summed E-state index contributed by atoms with van der Waals surface area (Å²) in [5, 5.41) is 0. The van der Waals surface area contributed by atoms with Crippen molar-refractivity contribution in [2.45, 2.75) is 6.10 Å². The number of Topliss-reactive ketones (excluding diaryl/α,β-unsaturated/α-hetero) is 1. The van der Waals surface area contributed by atoms with Gasteiger partial charge in [-0.2, -0.15) is 0 Å². The molecule has 1 unspecified atom stereocenters. The second kappa shape index (κ2) is 7.84. The van der Waals surface area contributed by atoms with Gasteiger partial charge in [0.05, 0.1) is 5.56 Å². The maximum absolute atomic E-state index is 13.3. The van der Waals surface area contributed by atoms with Crippen molar-refractivity contribution in [1.82, 2.24) is 0 Å². The molecule has 1 atom stereocenters. The fourth-order valence-corrected chi connectivity index (χ4v) is 3.82. The number of benzene rings is 4. The molecule has 4 aromatic carbocycles. The molecule has 0 radical (unpaired) electrons. The number of ether oxygens (including phenoxy) is 1. The average Bonchev–Trinajstić information content (AvgIpc) is 2.82. The first kappa shape index (κ1) is 18.1. The molecule has 1 aliphatic rings. The van der Waals surface area contributed by atoms with Crippen LogP contribution in [0.2, 0.25) is 0 Å². The number of hydrogen-bond donors (Lipinski definition) is 0. The second-order valence-corrected chi connectivity index (χ2v) is 7.32. The van der Waals surface area contributed by atoms with Crippen LogP contribution in [-0.2, 0) is 0 Å². The van der Waals surface area contributed by atoms with Gasteiger partial charge in [-0.15, -0.1) is 0 Å². The van der Waals surface area contributed by atoms with E-state index in [9.17, 15) is 4.79 Å². The van der Waals surface area contributed by atoms with Gasteiger partial charge >= 0.3 is 0 Å². The van der Waals surface area contributed by atoms with Crippen LogP contribution < -0.4 is 4.74 Å². The van der Waals surface area contributed by atoms with Crippen molar-refractivity contribution in [2.24, 2.45) is 0 Å². The molecule has 0 aliphatic carbocycles. The molecule has 0 aromatic heterocycles. The van der Waals surface area contributed by atoms with Gasteiger partial charge in [0, 0.05) is 5.57 Å². The number of ketones is 1. The van der Waals surface area contributed by atoms with E-state index in [1.807, 2.05) is 91.0 Å². The quantitative estimate of drug-likeness (QED) is 0.363.